The molecule has 0 radical (unpaired) electrons. The third-order valence-electron chi connectivity index (χ3n) is 1.23. The lowest BCUT2D eigenvalue weighted by atomic mass is 10.4. The van der Waals surface area contributed by atoms with Gasteiger partial charge in [-0.3, -0.25) is 0 Å². The lowest BCUT2D eigenvalue weighted by Gasteiger charge is -1.98. The Morgan fingerprint density at radius 3 is 1.36 bits per heavy atom. The van der Waals surface area contributed by atoms with Crippen molar-refractivity contribution in [3.8, 4) is 0 Å². The molecule has 0 bridgehead atoms. The average Bonchev–Trinajstić information content (AvgIpc) is 2.06. The molecule has 1 aromatic rings. The van der Waals surface area contributed by atoms with Gasteiger partial charge in [-0.25, -0.2) is 9.59 Å². The maximum atomic E-state index is 10.3. The highest BCUT2D eigenvalue weighted by molar-refractivity contribution is 8.13. The molecule has 0 aromatic heterocycles. The Bertz CT molecular complexity index is 312. The number of carbonyl (C=O) groups is 2. The summed E-state index contributed by atoms with van der Waals surface area (Å²) in [7, 11) is 0. The Morgan fingerprint density at radius 2 is 1.14 bits per heavy atom. The van der Waals surface area contributed by atoms with Crippen molar-refractivity contribution in [1.82, 2.24) is 0 Å². The van der Waals surface area contributed by atoms with Crippen LogP contribution < -0.4 is 0 Å². The lowest BCUT2D eigenvalue weighted by molar-refractivity contribution is 0.221. The molecule has 0 saturated carbocycles. The summed E-state index contributed by atoms with van der Waals surface area (Å²) >= 11 is 1.37. The van der Waals surface area contributed by atoms with Gasteiger partial charge >= 0.3 is 10.6 Å². The topological polar surface area (TPSA) is 74.6 Å². The van der Waals surface area contributed by atoms with Gasteiger partial charge in [-0.2, -0.15) is 0 Å². The third-order valence-corrected chi connectivity index (χ3v) is 2.60. The first kappa shape index (κ1) is 10.9. The minimum Gasteiger partial charge on any atom is -0.473 e. The fraction of sp³-hybridized carbons (Fsp3) is 0. The van der Waals surface area contributed by atoms with Crippen LogP contribution in [0.15, 0.2) is 34.1 Å². The van der Waals surface area contributed by atoms with Crippen LogP contribution in [0.5, 0.6) is 0 Å². The average molecular weight is 230 g/mol. The van der Waals surface area contributed by atoms with E-state index < -0.39 is 10.6 Å². The number of carboxylic acid groups (broad SMARTS) is 2. The summed E-state index contributed by atoms with van der Waals surface area (Å²) in [5.74, 6) is 0. The van der Waals surface area contributed by atoms with Gasteiger partial charge in [-0.15, -0.1) is 0 Å². The Balaban J connectivity index is 2.68. The Hall–Kier alpha value is -1.14. The molecule has 0 amide bonds. The normalized spacial score (nSPS) is 9.71. The molecule has 1 aromatic carbocycles. The zero-order valence-electron chi connectivity index (χ0n) is 6.84. The summed E-state index contributed by atoms with van der Waals surface area (Å²) in [6.07, 6.45) is 0. The van der Waals surface area contributed by atoms with E-state index in [2.05, 4.69) is 0 Å². The third kappa shape index (κ3) is 3.71. The minimum absolute atomic E-state index is 0.576. The molecule has 14 heavy (non-hydrogen) atoms. The van der Waals surface area contributed by atoms with Crippen LogP contribution in [0.3, 0.4) is 0 Å². The van der Waals surface area contributed by atoms with Gasteiger partial charge in [0.15, 0.2) is 0 Å². The second-order valence-electron chi connectivity index (χ2n) is 2.21. The summed E-state index contributed by atoms with van der Waals surface area (Å²) in [5.41, 5.74) is 0. The maximum absolute atomic E-state index is 10.3. The molecular weight excluding hydrogens is 224 g/mol. The molecule has 4 nitrogen and oxygen atoms in total. The van der Waals surface area contributed by atoms with E-state index in [4.69, 9.17) is 10.2 Å². The van der Waals surface area contributed by atoms with Crippen LogP contribution >= 0.6 is 23.5 Å². The van der Waals surface area contributed by atoms with Crippen molar-refractivity contribution >= 4 is 34.1 Å². The molecular formula is C8H6O4S2. The van der Waals surface area contributed by atoms with Crippen LogP contribution in [-0.4, -0.2) is 20.8 Å². The number of hydrogen-bond donors (Lipinski definition) is 2. The second kappa shape index (κ2) is 4.92. The molecule has 0 aliphatic heterocycles. The van der Waals surface area contributed by atoms with Crippen molar-refractivity contribution in [3.63, 3.8) is 0 Å². The van der Waals surface area contributed by atoms with Crippen LogP contribution in [0.4, 0.5) is 9.59 Å². The van der Waals surface area contributed by atoms with Gasteiger partial charge in [-0.05, 0) is 47.8 Å². The number of hydrogen-bond acceptors (Lipinski definition) is 4. The van der Waals surface area contributed by atoms with Crippen LogP contribution in [0.2, 0.25) is 0 Å². The molecule has 0 unspecified atom stereocenters. The van der Waals surface area contributed by atoms with Crippen molar-refractivity contribution in [3.05, 3.63) is 24.3 Å². The fourth-order valence-corrected chi connectivity index (χ4v) is 1.72. The van der Waals surface area contributed by atoms with Gasteiger partial charge in [0, 0.05) is 9.79 Å². The van der Waals surface area contributed by atoms with E-state index in [0.29, 0.717) is 33.3 Å². The summed E-state index contributed by atoms with van der Waals surface area (Å²) < 4.78 is 0. The minimum atomic E-state index is -0.983. The molecule has 1 rings (SSSR count). The van der Waals surface area contributed by atoms with E-state index in [1.807, 2.05) is 0 Å². The van der Waals surface area contributed by atoms with E-state index in [9.17, 15) is 9.59 Å². The maximum Gasteiger partial charge on any atom is 0.369 e. The first-order chi connectivity index (χ1) is 6.58. The first-order valence-corrected chi connectivity index (χ1v) is 5.13. The zero-order chi connectivity index (χ0) is 10.6. The smallest absolute Gasteiger partial charge is 0.369 e. The molecule has 6 heteroatoms. The molecule has 2 N–H and O–H groups in total. The fourth-order valence-electron chi connectivity index (χ4n) is 0.777. The first-order valence-electron chi connectivity index (χ1n) is 3.49. The van der Waals surface area contributed by atoms with Crippen molar-refractivity contribution in [2.24, 2.45) is 0 Å². The van der Waals surface area contributed by atoms with Gasteiger partial charge in [0.05, 0.1) is 0 Å². The molecule has 0 spiro atoms. The Kier molecular flexibility index (Phi) is 3.84. The lowest BCUT2D eigenvalue weighted by Crippen LogP contribution is -1.85. The molecule has 0 aliphatic carbocycles. The highest BCUT2D eigenvalue weighted by Crippen LogP contribution is 2.23. The predicted octanol–water partition coefficient (Wildman–Crippen LogP) is 3.23. The molecule has 0 heterocycles. The van der Waals surface area contributed by atoms with Crippen LogP contribution in [-0.2, 0) is 0 Å². The van der Waals surface area contributed by atoms with E-state index >= 15 is 0 Å². The summed E-state index contributed by atoms with van der Waals surface area (Å²) in [5, 5.41) is 14.9. The molecule has 74 valence electrons. The van der Waals surface area contributed by atoms with Gasteiger partial charge < -0.3 is 10.2 Å². The highest BCUT2D eigenvalue weighted by atomic mass is 32.2. The van der Waals surface area contributed by atoms with Gasteiger partial charge in [0.2, 0.25) is 0 Å². The van der Waals surface area contributed by atoms with Crippen LogP contribution in [0.25, 0.3) is 0 Å². The summed E-state index contributed by atoms with van der Waals surface area (Å²) in [6.45, 7) is 0. The van der Waals surface area contributed by atoms with E-state index in [0.717, 1.165) is 0 Å². The van der Waals surface area contributed by atoms with Crippen molar-refractivity contribution in [1.29, 1.82) is 0 Å². The van der Waals surface area contributed by atoms with E-state index in [1.165, 1.54) is 0 Å². The largest absolute Gasteiger partial charge is 0.473 e. The summed E-state index contributed by atoms with van der Waals surface area (Å²) in [4.78, 5) is 21.7. The van der Waals surface area contributed by atoms with E-state index in [1.54, 1.807) is 24.3 Å². The van der Waals surface area contributed by atoms with Crippen LogP contribution in [0.1, 0.15) is 0 Å². The predicted molar refractivity (Wildman–Crippen MR) is 54.2 cm³/mol. The monoisotopic (exact) mass is 230 g/mol. The molecule has 0 atom stereocenters. The summed E-state index contributed by atoms with van der Waals surface area (Å²) in [6, 6.07) is 6.29. The van der Waals surface area contributed by atoms with Crippen molar-refractivity contribution < 1.29 is 19.8 Å². The van der Waals surface area contributed by atoms with Crippen molar-refractivity contribution in [2.75, 3.05) is 0 Å². The van der Waals surface area contributed by atoms with Gasteiger partial charge in [-0.1, -0.05) is 0 Å². The van der Waals surface area contributed by atoms with Gasteiger partial charge in [0.1, 0.15) is 0 Å². The standard InChI is InChI=1S/C8H6O4S2/c9-7(10)13-5-1-2-6(4-3-5)14-8(11)12/h1-4H,(H,9,10)(H,11,12). The second-order valence-corrected chi connectivity index (χ2v) is 4.26. The quantitative estimate of drug-likeness (QED) is 0.760. The number of rotatable bonds is 2. The Labute approximate surface area is 88.3 Å². The van der Waals surface area contributed by atoms with Crippen LogP contribution in [0, 0.1) is 0 Å². The number of benzene rings is 1. The SMILES string of the molecule is O=C(O)Sc1ccc(SC(=O)O)cc1. The zero-order valence-corrected chi connectivity index (χ0v) is 8.47. The molecule has 0 aliphatic rings. The highest BCUT2D eigenvalue weighted by Gasteiger charge is 2.03. The Morgan fingerprint density at radius 1 is 0.857 bits per heavy atom. The molecule has 0 fully saturated rings. The van der Waals surface area contributed by atoms with Crippen molar-refractivity contribution in [2.45, 2.75) is 9.79 Å². The van der Waals surface area contributed by atoms with Gasteiger partial charge in [0.25, 0.3) is 0 Å². The van der Waals surface area contributed by atoms with E-state index in [-0.39, 0.29) is 0 Å². The molecule has 0 saturated heterocycles. The number of thioether (sulfide) groups is 2.